The SMILES string of the molecule is CCC(C(=O)NCC(C)C)N(Cc1cccc(OC)c1)C(=O)CN(c1ccc(Cl)c(C(F)(F)F)c1)S(=O)(=O)c1ccc(C)cc1. The third-order valence-electron chi connectivity index (χ3n) is 6.99. The van der Waals surface area contributed by atoms with E-state index in [0.29, 0.717) is 28.2 Å². The molecule has 2 amide bonds. The van der Waals surface area contributed by atoms with E-state index in [2.05, 4.69) is 5.32 Å². The number of methoxy groups -OCH3 is 1. The molecule has 0 saturated carbocycles. The van der Waals surface area contributed by atoms with Gasteiger partial charge in [0, 0.05) is 13.1 Å². The fourth-order valence-electron chi connectivity index (χ4n) is 4.56. The number of anilines is 1. The van der Waals surface area contributed by atoms with Gasteiger partial charge in [0.15, 0.2) is 0 Å². The first-order chi connectivity index (χ1) is 21.1. The van der Waals surface area contributed by atoms with Crippen molar-refractivity contribution in [2.24, 2.45) is 5.92 Å². The molecule has 3 aromatic carbocycles. The van der Waals surface area contributed by atoms with Gasteiger partial charge in [-0.2, -0.15) is 13.2 Å². The fourth-order valence-corrected chi connectivity index (χ4v) is 6.19. The maximum Gasteiger partial charge on any atom is 0.417 e. The number of hydrogen-bond donors (Lipinski definition) is 1. The van der Waals surface area contributed by atoms with E-state index in [0.717, 1.165) is 17.7 Å². The molecule has 1 unspecified atom stereocenters. The van der Waals surface area contributed by atoms with Gasteiger partial charge in [0.25, 0.3) is 10.0 Å². The third kappa shape index (κ3) is 9.13. The number of halogens is 4. The van der Waals surface area contributed by atoms with Crippen LogP contribution < -0.4 is 14.4 Å². The van der Waals surface area contributed by atoms with Gasteiger partial charge in [-0.15, -0.1) is 0 Å². The molecule has 1 N–H and O–H groups in total. The van der Waals surface area contributed by atoms with Crippen molar-refractivity contribution in [3.63, 3.8) is 0 Å². The molecule has 0 aliphatic rings. The van der Waals surface area contributed by atoms with E-state index in [9.17, 15) is 31.2 Å². The molecule has 45 heavy (non-hydrogen) atoms. The molecule has 1 atom stereocenters. The van der Waals surface area contributed by atoms with E-state index in [-0.39, 0.29) is 23.8 Å². The van der Waals surface area contributed by atoms with Gasteiger partial charge in [0.2, 0.25) is 11.8 Å². The highest BCUT2D eigenvalue weighted by Crippen LogP contribution is 2.38. The van der Waals surface area contributed by atoms with Crippen molar-refractivity contribution in [3.8, 4) is 5.75 Å². The number of amides is 2. The fraction of sp³-hybridized carbons (Fsp3) is 0.375. The number of carbonyl (C=O) groups is 2. The number of benzene rings is 3. The number of alkyl halides is 3. The number of nitrogens with zero attached hydrogens (tertiary/aromatic N) is 2. The van der Waals surface area contributed by atoms with Gasteiger partial charge in [-0.1, -0.05) is 62.2 Å². The molecule has 0 fully saturated rings. The minimum absolute atomic E-state index is 0.101. The van der Waals surface area contributed by atoms with Gasteiger partial charge >= 0.3 is 6.18 Å². The lowest BCUT2D eigenvalue weighted by molar-refractivity contribution is -0.140. The van der Waals surface area contributed by atoms with Crippen LogP contribution in [0.5, 0.6) is 5.75 Å². The van der Waals surface area contributed by atoms with Crippen molar-refractivity contribution in [2.45, 2.75) is 57.8 Å². The molecular weight excluding hydrogens is 631 g/mol. The van der Waals surface area contributed by atoms with E-state index in [1.54, 1.807) is 38.1 Å². The Kier molecular flexibility index (Phi) is 11.9. The van der Waals surface area contributed by atoms with Crippen LogP contribution in [0, 0.1) is 12.8 Å². The van der Waals surface area contributed by atoms with E-state index in [1.807, 2.05) is 13.8 Å². The predicted molar refractivity (Wildman–Crippen MR) is 168 cm³/mol. The van der Waals surface area contributed by atoms with Crippen molar-refractivity contribution >= 4 is 39.1 Å². The number of ether oxygens (including phenoxy) is 1. The standard InChI is InChI=1S/C32H37ClF3N3O5S/c1-6-29(31(41)37-18-21(2)3)38(19-23-8-7-9-25(16-23)44-5)30(40)20-39(45(42,43)26-13-10-22(4)11-14-26)24-12-15-28(33)27(17-24)32(34,35)36/h7-17,21,29H,6,18-20H2,1-5H3,(H,37,41). The first-order valence-corrected chi connectivity index (χ1v) is 16.1. The maximum atomic E-state index is 14.2. The summed E-state index contributed by atoms with van der Waals surface area (Å²) in [7, 11) is -3.10. The molecular formula is C32H37ClF3N3O5S. The summed E-state index contributed by atoms with van der Waals surface area (Å²) in [6, 6.07) is 14.1. The highest BCUT2D eigenvalue weighted by molar-refractivity contribution is 7.92. The summed E-state index contributed by atoms with van der Waals surface area (Å²) in [6.07, 6.45) is -4.71. The summed E-state index contributed by atoms with van der Waals surface area (Å²) < 4.78 is 75.4. The van der Waals surface area contributed by atoms with E-state index < -0.39 is 56.9 Å². The maximum absolute atomic E-state index is 14.2. The smallest absolute Gasteiger partial charge is 0.417 e. The zero-order chi connectivity index (χ0) is 33.5. The van der Waals surface area contributed by atoms with Crippen LogP contribution >= 0.6 is 11.6 Å². The minimum atomic E-state index is -4.89. The second-order valence-corrected chi connectivity index (χ2v) is 13.2. The van der Waals surface area contributed by atoms with Gasteiger partial charge in [-0.25, -0.2) is 8.42 Å². The largest absolute Gasteiger partial charge is 0.497 e. The van der Waals surface area contributed by atoms with E-state index >= 15 is 0 Å². The zero-order valence-corrected chi connectivity index (χ0v) is 27.3. The predicted octanol–water partition coefficient (Wildman–Crippen LogP) is 6.45. The van der Waals surface area contributed by atoms with Gasteiger partial charge in [0.05, 0.1) is 28.3 Å². The monoisotopic (exact) mass is 667 g/mol. The summed E-state index contributed by atoms with van der Waals surface area (Å²) in [5.41, 5.74) is -0.327. The van der Waals surface area contributed by atoms with Crippen LogP contribution in [0.2, 0.25) is 5.02 Å². The molecule has 3 aromatic rings. The number of aryl methyl sites for hydroxylation is 1. The van der Waals surface area contributed by atoms with Crippen molar-refractivity contribution in [1.82, 2.24) is 10.2 Å². The second kappa shape index (κ2) is 15.0. The lowest BCUT2D eigenvalue weighted by atomic mass is 10.1. The molecule has 0 spiro atoms. The van der Waals surface area contributed by atoms with Crippen LogP contribution in [0.3, 0.4) is 0 Å². The van der Waals surface area contributed by atoms with Gasteiger partial charge in [-0.05, 0) is 67.3 Å². The molecule has 244 valence electrons. The Bertz CT molecular complexity index is 1600. The topological polar surface area (TPSA) is 96.0 Å². The van der Waals surface area contributed by atoms with Crippen LogP contribution in [-0.2, 0) is 32.3 Å². The molecule has 3 rings (SSSR count). The third-order valence-corrected chi connectivity index (χ3v) is 9.11. The summed E-state index contributed by atoms with van der Waals surface area (Å²) in [5, 5.41) is 2.20. The van der Waals surface area contributed by atoms with Crippen LogP contribution in [0.15, 0.2) is 71.6 Å². The number of rotatable bonds is 13. The first-order valence-electron chi connectivity index (χ1n) is 14.2. The van der Waals surface area contributed by atoms with Crippen molar-refractivity contribution in [3.05, 3.63) is 88.4 Å². The number of carbonyl (C=O) groups excluding carboxylic acids is 2. The normalized spacial score (nSPS) is 12.5. The molecule has 0 heterocycles. The van der Waals surface area contributed by atoms with E-state index in [4.69, 9.17) is 16.3 Å². The molecule has 0 bridgehead atoms. The van der Waals surface area contributed by atoms with Crippen LogP contribution in [0.4, 0.5) is 18.9 Å². The Morgan fingerprint density at radius 1 is 1.02 bits per heavy atom. The highest BCUT2D eigenvalue weighted by Gasteiger charge is 2.37. The average molecular weight is 668 g/mol. The number of hydrogen-bond acceptors (Lipinski definition) is 5. The van der Waals surface area contributed by atoms with Gasteiger partial charge in [0.1, 0.15) is 18.3 Å². The molecule has 0 aromatic heterocycles. The van der Waals surface area contributed by atoms with Crippen LogP contribution in [-0.4, -0.2) is 51.4 Å². The molecule has 0 radical (unpaired) electrons. The molecule has 0 aliphatic heterocycles. The zero-order valence-electron chi connectivity index (χ0n) is 25.7. The molecule has 0 saturated heterocycles. The summed E-state index contributed by atoms with van der Waals surface area (Å²) in [4.78, 5) is 28.5. The Morgan fingerprint density at radius 2 is 1.69 bits per heavy atom. The lowest BCUT2D eigenvalue weighted by Gasteiger charge is -2.33. The van der Waals surface area contributed by atoms with Crippen molar-refractivity contribution in [1.29, 1.82) is 0 Å². The van der Waals surface area contributed by atoms with E-state index in [1.165, 1.54) is 36.3 Å². The summed E-state index contributed by atoms with van der Waals surface area (Å²) >= 11 is 5.83. The first kappa shape index (κ1) is 35.7. The number of sulfonamides is 1. The quantitative estimate of drug-likeness (QED) is 0.226. The van der Waals surface area contributed by atoms with Crippen molar-refractivity contribution in [2.75, 3.05) is 24.5 Å². The average Bonchev–Trinajstić information content (AvgIpc) is 2.98. The Hall–Kier alpha value is -3.77. The second-order valence-electron chi connectivity index (χ2n) is 10.9. The number of nitrogens with one attached hydrogen (secondary N) is 1. The molecule has 13 heteroatoms. The molecule has 0 aliphatic carbocycles. The van der Waals surface area contributed by atoms with Gasteiger partial charge in [-0.3, -0.25) is 13.9 Å². The van der Waals surface area contributed by atoms with Gasteiger partial charge < -0.3 is 15.0 Å². The highest BCUT2D eigenvalue weighted by atomic mass is 35.5. The lowest BCUT2D eigenvalue weighted by Crippen LogP contribution is -2.52. The van der Waals surface area contributed by atoms with Crippen LogP contribution in [0.25, 0.3) is 0 Å². The van der Waals surface area contributed by atoms with Crippen molar-refractivity contribution < 1.29 is 35.9 Å². The Balaban J connectivity index is 2.15. The summed E-state index contributed by atoms with van der Waals surface area (Å²) in [6.45, 7) is 6.63. The Labute approximate surface area is 267 Å². The minimum Gasteiger partial charge on any atom is -0.497 e. The summed E-state index contributed by atoms with van der Waals surface area (Å²) in [5.74, 6) is -0.622. The molecule has 8 nitrogen and oxygen atoms in total. The Morgan fingerprint density at radius 3 is 2.27 bits per heavy atom. The van der Waals surface area contributed by atoms with Crippen LogP contribution in [0.1, 0.15) is 43.9 Å².